The van der Waals surface area contributed by atoms with E-state index < -0.39 is 10.9 Å². The van der Waals surface area contributed by atoms with Gasteiger partial charge < -0.3 is 10.5 Å². The highest BCUT2D eigenvalue weighted by Gasteiger charge is 2.26. The average Bonchev–Trinajstić information content (AvgIpc) is 2.42. The molecule has 0 saturated heterocycles. The van der Waals surface area contributed by atoms with Crippen LogP contribution in [0.2, 0.25) is 0 Å². The normalized spacial score (nSPS) is 15.7. The molecular formula is C19H25NO3S2. The Kier molecular flexibility index (Phi) is 5.36. The van der Waals surface area contributed by atoms with Crippen molar-refractivity contribution in [1.82, 2.24) is 0 Å². The number of ether oxygens (including phenoxy) is 1. The number of allylic oxidation sites excluding steroid dienone is 4. The molecular weight excluding hydrogens is 354 g/mol. The fraction of sp³-hybridized carbons (Fsp3) is 0.474. The molecule has 1 heterocycles. The van der Waals surface area contributed by atoms with Crippen molar-refractivity contribution in [1.29, 1.82) is 0 Å². The lowest BCUT2D eigenvalue weighted by atomic mass is 9.95. The highest BCUT2D eigenvalue weighted by atomic mass is 32.2. The standard InChI is InChI=1S/C19H25NO3S2/c1-10(14-15(20)17(22)16(14)21)11-8-12(24-18(2,3)4)23-13(9-11)25-19(5,6)7/h8-9H,20H2,1-7H3. The summed E-state index contributed by atoms with van der Waals surface area (Å²) >= 11 is 3.24. The van der Waals surface area contributed by atoms with E-state index in [0.717, 1.165) is 15.8 Å². The Hall–Kier alpha value is -1.40. The Bertz CT molecular complexity index is 821. The van der Waals surface area contributed by atoms with Gasteiger partial charge in [-0.2, -0.15) is 0 Å². The number of rotatable bonds is 3. The monoisotopic (exact) mass is 379 g/mol. The van der Waals surface area contributed by atoms with Crippen LogP contribution >= 0.6 is 23.5 Å². The third-order valence-electron chi connectivity index (χ3n) is 3.32. The Balaban J connectivity index is 2.51. The first-order valence-corrected chi connectivity index (χ1v) is 9.71. The van der Waals surface area contributed by atoms with E-state index >= 15 is 0 Å². The van der Waals surface area contributed by atoms with E-state index in [4.69, 9.17) is 10.5 Å². The second-order valence-corrected chi connectivity index (χ2v) is 11.6. The Morgan fingerprint density at radius 1 is 0.920 bits per heavy atom. The van der Waals surface area contributed by atoms with E-state index in [1.54, 1.807) is 23.5 Å². The number of nitrogen functional groups attached to an aromatic ring is 1. The fourth-order valence-electron chi connectivity index (χ4n) is 2.30. The van der Waals surface area contributed by atoms with Crippen LogP contribution in [0, 0.1) is 0 Å². The number of thioether (sulfide) groups is 2. The predicted molar refractivity (Wildman–Crippen MR) is 110 cm³/mol. The van der Waals surface area contributed by atoms with E-state index in [0.29, 0.717) is 11.1 Å². The van der Waals surface area contributed by atoms with E-state index in [1.165, 1.54) is 0 Å². The smallest absolute Gasteiger partial charge is 0.249 e. The van der Waals surface area contributed by atoms with Crippen LogP contribution in [0.4, 0.5) is 5.69 Å². The molecule has 1 aromatic rings. The molecule has 0 bridgehead atoms. The molecule has 1 aliphatic heterocycles. The molecule has 2 rings (SSSR count). The summed E-state index contributed by atoms with van der Waals surface area (Å²) < 4.78 is 6.01. The van der Waals surface area contributed by atoms with E-state index in [2.05, 4.69) is 41.5 Å². The maximum absolute atomic E-state index is 11.9. The van der Waals surface area contributed by atoms with Gasteiger partial charge in [-0.3, -0.25) is 9.59 Å². The Labute approximate surface area is 157 Å². The second kappa shape index (κ2) is 6.72. The SMILES string of the molecule is CC(=C1C=C(SC(C)(C)C)OC(SC(C)(C)C)=C1)c1c(N)c(=O)c1=O. The lowest BCUT2D eigenvalue weighted by molar-refractivity contribution is 0.367. The zero-order valence-corrected chi connectivity index (χ0v) is 17.4. The third kappa shape index (κ3) is 4.82. The number of nitrogens with two attached hydrogens (primary N) is 1. The van der Waals surface area contributed by atoms with Crippen molar-refractivity contribution in [2.45, 2.75) is 58.0 Å². The third-order valence-corrected chi connectivity index (χ3v) is 5.35. The molecule has 0 saturated carbocycles. The van der Waals surface area contributed by atoms with Gasteiger partial charge in [0.05, 0.1) is 11.3 Å². The van der Waals surface area contributed by atoms with Crippen molar-refractivity contribution in [2.24, 2.45) is 0 Å². The molecule has 0 radical (unpaired) electrons. The molecule has 6 heteroatoms. The molecule has 25 heavy (non-hydrogen) atoms. The van der Waals surface area contributed by atoms with Crippen molar-refractivity contribution in [2.75, 3.05) is 5.73 Å². The lowest BCUT2D eigenvalue weighted by Crippen LogP contribution is -2.37. The molecule has 0 unspecified atom stereocenters. The summed E-state index contributed by atoms with van der Waals surface area (Å²) in [6.45, 7) is 14.5. The minimum Gasteiger partial charge on any atom is -0.444 e. The maximum atomic E-state index is 11.9. The van der Waals surface area contributed by atoms with Crippen LogP contribution in [-0.2, 0) is 4.74 Å². The van der Waals surface area contributed by atoms with Crippen molar-refractivity contribution in [3.05, 3.63) is 53.9 Å². The van der Waals surface area contributed by atoms with Gasteiger partial charge in [0.2, 0.25) is 10.9 Å². The molecule has 1 aliphatic rings. The van der Waals surface area contributed by atoms with Crippen LogP contribution in [0.5, 0.6) is 0 Å². The first kappa shape index (κ1) is 19.9. The summed E-state index contributed by atoms with van der Waals surface area (Å²) in [5.74, 6) is 0. The number of hydrogen-bond acceptors (Lipinski definition) is 6. The van der Waals surface area contributed by atoms with E-state index in [-0.39, 0.29) is 15.2 Å². The molecule has 4 nitrogen and oxygen atoms in total. The van der Waals surface area contributed by atoms with E-state index in [9.17, 15) is 9.59 Å². The van der Waals surface area contributed by atoms with Crippen LogP contribution in [0.1, 0.15) is 54.0 Å². The molecule has 0 spiro atoms. The summed E-state index contributed by atoms with van der Waals surface area (Å²) in [5.41, 5.74) is 6.57. The van der Waals surface area contributed by atoms with Crippen LogP contribution < -0.4 is 16.6 Å². The van der Waals surface area contributed by atoms with Gasteiger partial charge in [0.15, 0.2) is 10.2 Å². The van der Waals surface area contributed by atoms with Crippen molar-refractivity contribution in [3.8, 4) is 0 Å². The molecule has 136 valence electrons. The first-order chi connectivity index (χ1) is 11.3. The van der Waals surface area contributed by atoms with Crippen LogP contribution in [-0.4, -0.2) is 9.49 Å². The summed E-state index contributed by atoms with van der Waals surface area (Å²) in [5, 5.41) is 1.54. The van der Waals surface area contributed by atoms with Gasteiger partial charge in [-0.15, -0.1) is 0 Å². The maximum Gasteiger partial charge on any atom is 0.249 e. The zero-order chi connectivity index (χ0) is 19.2. The van der Waals surface area contributed by atoms with Crippen LogP contribution in [0.3, 0.4) is 0 Å². The van der Waals surface area contributed by atoms with E-state index in [1.807, 2.05) is 19.1 Å². The van der Waals surface area contributed by atoms with Gasteiger partial charge in [-0.05, 0) is 30.2 Å². The fourth-order valence-corrected chi connectivity index (χ4v) is 4.19. The zero-order valence-electron chi connectivity index (χ0n) is 15.8. The molecule has 0 atom stereocenters. The molecule has 1 aromatic carbocycles. The number of anilines is 1. The van der Waals surface area contributed by atoms with Gasteiger partial charge in [0.25, 0.3) is 0 Å². The Morgan fingerprint density at radius 2 is 1.36 bits per heavy atom. The predicted octanol–water partition coefficient (Wildman–Crippen LogP) is 4.41. The molecule has 0 aliphatic carbocycles. The minimum atomic E-state index is -0.594. The highest BCUT2D eigenvalue weighted by Crippen LogP contribution is 2.43. The quantitative estimate of drug-likeness (QED) is 0.784. The molecule has 0 amide bonds. The summed E-state index contributed by atoms with van der Waals surface area (Å²) in [7, 11) is 0. The van der Waals surface area contributed by atoms with Gasteiger partial charge >= 0.3 is 0 Å². The Morgan fingerprint density at radius 3 is 1.72 bits per heavy atom. The van der Waals surface area contributed by atoms with Crippen LogP contribution in [0.25, 0.3) is 5.57 Å². The summed E-state index contributed by atoms with van der Waals surface area (Å²) in [4.78, 5) is 23.3. The summed E-state index contributed by atoms with van der Waals surface area (Å²) in [6.07, 6.45) is 3.82. The molecule has 0 fully saturated rings. The highest BCUT2D eigenvalue weighted by molar-refractivity contribution is 8.05. The topological polar surface area (TPSA) is 69.4 Å². The first-order valence-electron chi connectivity index (χ1n) is 8.08. The minimum absolute atomic E-state index is 0.0136. The van der Waals surface area contributed by atoms with Gasteiger partial charge in [-0.25, -0.2) is 0 Å². The van der Waals surface area contributed by atoms with Gasteiger partial charge in [0.1, 0.15) is 0 Å². The molecule has 0 aromatic heterocycles. The second-order valence-electron chi connectivity index (χ2n) is 7.98. The molecule has 2 N–H and O–H groups in total. The summed E-state index contributed by atoms with van der Waals surface area (Å²) in [6, 6.07) is 0. The van der Waals surface area contributed by atoms with Crippen molar-refractivity contribution >= 4 is 34.8 Å². The average molecular weight is 380 g/mol. The van der Waals surface area contributed by atoms with Crippen molar-refractivity contribution in [3.63, 3.8) is 0 Å². The largest absolute Gasteiger partial charge is 0.444 e. The van der Waals surface area contributed by atoms with Crippen LogP contribution in [0.15, 0.2) is 37.5 Å². The van der Waals surface area contributed by atoms with Gasteiger partial charge in [-0.1, -0.05) is 65.1 Å². The van der Waals surface area contributed by atoms with Crippen molar-refractivity contribution < 1.29 is 4.74 Å². The van der Waals surface area contributed by atoms with Gasteiger partial charge in [0, 0.05) is 9.49 Å². The lowest BCUT2D eigenvalue weighted by Gasteiger charge is -2.27. The number of hydrogen-bond donors (Lipinski definition) is 1.